The predicted molar refractivity (Wildman–Crippen MR) is 71.2 cm³/mol. The van der Waals surface area contributed by atoms with Gasteiger partial charge in [0.15, 0.2) is 0 Å². The van der Waals surface area contributed by atoms with Gasteiger partial charge in [0.25, 0.3) is 0 Å². The first-order valence-electron chi connectivity index (χ1n) is 4.94. The highest BCUT2D eigenvalue weighted by Gasteiger charge is 2.21. The molecule has 1 rings (SSSR count). The molecule has 0 aliphatic carbocycles. The van der Waals surface area contributed by atoms with Crippen molar-refractivity contribution in [3.63, 3.8) is 0 Å². The third-order valence-corrected chi connectivity index (χ3v) is 4.44. The number of amides is 1. The average molecular weight is 289 g/mol. The lowest BCUT2D eigenvalue weighted by atomic mass is 10.3. The van der Waals surface area contributed by atoms with Crippen LogP contribution in [0.4, 0.5) is 5.69 Å². The van der Waals surface area contributed by atoms with E-state index in [2.05, 4.69) is 11.9 Å². The number of nitrogens with one attached hydrogen (secondary N) is 1. The van der Waals surface area contributed by atoms with E-state index in [-0.39, 0.29) is 9.92 Å². The normalized spacial score (nSPS) is 11.3. The fraction of sp³-hybridized carbons (Fsp3) is 0.182. The van der Waals surface area contributed by atoms with Crippen molar-refractivity contribution in [1.82, 2.24) is 4.31 Å². The molecule has 0 saturated carbocycles. The van der Waals surface area contributed by atoms with Gasteiger partial charge >= 0.3 is 0 Å². The van der Waals surface area contributed by atoms with Crippen LogP contribution in [0.5, 0.6) is 0 Å². The van der Waals surface area contributed by atoms with Crippen LogP contribution in [0.15, 0.2) is 35.7 Å². The van der Waals surface area contributed by atoms with Crippen LogP contribution in [-0.4, -0.2) is 32.7 Å². The van der Waals surface area contributed by atoms with Gasteiger partial charge in [-0.25, -0.2) is 12.7 Å². The second-order valence-electron chi connectivity index (χ2n) is 3.63. The Bertz CT molecular complexity index is 582. The lowest BCUT2D eigenvalue weighted by Crippen LogP contribution is -2.22. The number of benzene rings is 1. The van der Waals surface area contributed by atoms with Gasteiger partial charge in [-0.1, -0.05) is 18.2 Å². The van der Waals surface area contributed by atoms with Gasteiger partial charge in [0.05, 0.1) is 5.02 Å². The third kappa shape index (κ3) is 3.10. The van der Waals surface area contributed by atoms with Gasteiger partial charge in [0, 0.05) is 19.8 Å². The molecule has 7 heteroatoms. The molecule has 0 aliphatic rings. The molecule has 0 bridgehead atoms. The van der Waals surface area contributed by atoms with Gasteiger partial charge in [-0.3, -0.25) is 4.79 Å². The SMILES string of the molecule is C=CC(=O)Nc1ccc(Cl)c(S(=O)(=O)N(C)C)c1. The maximum atomic E-state index is 12.0. The number of hydrogen-bond acceptors (Lipinski definition) is 3. The van der Waals surface area contributed by atoms with E-state index in [1.165, 1.54) is 32.3 Å². The van der Waals surface area contributed by atoms with Crippen LogP contribution in [0, 0.1) is 0 Å². The van der Waals surface area contributed by atoms with Crippen molar-refractivity contribution < 1.29 is 13.2 Å². The second-order valence-corrected chi connectivity index (χ2v) is 6.15. The van der Waals surface area contributed by atoms with Crippen molar-refractivity contribution in [3.05, 3.63) is 35.9 Å². The van der Waals surface area contributed by atoms with Gasteiger partial charge in [-0.15, -0.1) is 0 Å². The standard InChI is InChI=1S/C11H13ClN2O3S/c1-4-11(15)13-8-5-6-9(12)10(7-8)18(16,17)14(2)3/h4-7H,1H2,2-3H3,(H,13,15). The number of halogens is 1. The summed E-state index contributed by atoms with van der Waals surface area (Å²) in [5.41, 5.74) is 0.338. The first kappa shape index (κ1) is 14.7. The van der Waals surface area contributed by atoms with Crippen LogP contribution >= 0.6 is 11.6 Å². The number of carbonyl (C=O) groups excluding carboxylic acids is 1. The van der Waals surface area contributed by atoms with Crippen molar-refractivity contribution in [3.8, 4) is 0 Å². The Morgan fingerprint density at radius 2 is 2.06 bits per heavy atom. The topological polar surface area (TPSA) is 66.5 Å². The second kappa shape index (κ2) is 5.51. The molecule has 0 aromatic heterocycles. The van der Waals surface area contributed by atoms with E-state index >= 15 is 0 Å². The summed E-state index contributed by atoms with van der Waals surface area (Å²) in [5, 5.41) is 2.57. The van der Waals surface area contributed by atoms with E-state index in [1.807, 2.05) is 0 Å². The van der Waals surface area contributed by atoms with Crippen LogP contribution in [0.1, 0.15) is 0 Å². The number of hydrogen-bond donors (Lipinski definition) is 1. The zero-order chi connectivity index (χ0) is 13.9. The first-order valence-corrected chi connectivity index (χ1v) is 6.76. The summed E-state index contributed by atoms with van der Waals surface area (Å²) in [4.78, 5) is 11.1. The van der Waals surface area contributed by atoms with Crippen LogP contribution in [0.25, 0.3) is 0 Å². The Morgan fingerprint density at radius 1 is 1.44 bits per heavy atom. The molecule has 18 heavy (non-hydrogen) atoms. The van der Waals surface area contributed by atoms with E-state index in [9.17, 15) is 13.2 Å². The first-order chi connectivity index (χ1) is 8.28. The molecular formula is C11H13ClN2O3S. The maximum Gasteiger partial charge on any atom is 0.247 e. The maximum absolute atomic E-state index is 12.0. The number of nitrogens with zero attached hydrogens (tertiary/aromatic N) is 1. The molecule has 5 nitrogen and oxygen atoms in total. The van der Waals surface area contributed by atoms with Crippen molar-refractivity contribution >= 4 is 33.2 Å². The number of anilines is 1. The summed E-state index contributed by atoms with van der Waals surface area (Å²) in [6.07, 6.45) is 1.09. The molecule has 0 aliphatic heterocycles. The van der Waals surface area contributed by atoms with Gasteiger partial charge in [-0.2, -0.15) is 0 Å². The van der Waals surface area contributed by atoms with Crippen molar-refractivity contribution in [1.29, 1.82) is 0 Å². The molecule has 1 amide bonds. The molecule has 98 valence electrons. The Labute approximate surface area is 111 Å². The predicted octanol–water partition coefficient (Wildman–Crippen LogP) is 1.71. The fourth-order valence-electron chi connectivity index (χ4n) is 1.17. The Hall–Kier alpha value is -1.37. The molecule has 0 unspecified atom stereocenters. The molecule has 0 heterocycles. The summed E-state index contributed by atoms with van der Waals surface area (Å²) < 4.78 is 25.0. The average Bonchev–Trinajstić information content (AvgIpc) is 2.31. The van der Waals surface area contributed by atoms with E-state index in [0.717, 1.165) is 10.4 Å². The molecule has 0 saturated heterocycles. The van der Waals surface area contributed by atoms with Crippen molar-refractivity contribution in [2.45, 2.75) is 4.90 Å². The fourth-order valence-corrected chi connectivity index (χ4v) is 2.56. The summed E-state index contributed by atoms with van der Waals surface area (Å²) >= 11 is 5.86. The smallest absolute Gasteiger partial charge is 0.247 e. The third-order valence-electron chi connectivity index (χ3n) is 2.14. The monoisotopic (exact) mass is 288 g/mol. The lowest BCUT2D eigenvalue weighted by molar-refractivity contribution is -0.111. The van der Waals surface area contributed by atoms with Gasteiger partial charge < -0.3 is 5.32 Å². The summed E-state index contributed by atoms with van der Waals surface area (Å²) in [6.45, 7) is 3.31. The molecular weight excluding hydrogens is 276 g/mol. The van der Waals surface area contributed by atoms with Crippen LogP contribution < -0.4 is 5.32 Å². The van der Waals surface area contributed by atoms with Gasteiger partial charge in [0.1, 0.15) is 4.90 Å². The summed E-state index contributed by atoms with van der Waals surface area (Å²) in [7, 11) is -0.841. The summed E-state index contributed by atoms with van der Waals surface area (Å²) in [5.74, 6) is -0.425. The van der Waals surface area contributed by atoms with Gasteiger partial charge in [-0.05, 0) is 24.3 Å². The number of sulfonamides is 1. The minimum absolute atomic E-state index is 0.0592. The molecule has 0 atom stereocenters. The van der Waals surface area contributed by atoms with E-state index in [0.29, 0.717) is 5.69 Å². The minimum atomic E-state index is -3.65. The van der Waals surface area contributed by atoms with Crippen molar-refractivity contribution in [2.75, 3.05) is 19.4 Å². The summed E-state index contributed by atoms with van der Waals surface area (Å²) in [6, 6.07) is 4.23. The van der Waals surface area contributed by atoms with Gasteiger partial charge in [0.2, 0.25) is 15.9 Å². The Kier molecular flexibility index (Phi) is 4.50. The van der Waals surface area contributed by atoms with Crippen molar-refractivity contribution in [2.24, 2.45) is 0 Å². The Morgan fingerprint density at radius 3 is 2.56 bits per heavy atom. The zero-order valence-electron chi connectivity index (χ0n) is 9.97. The molecule has 1 aromatic rings. The minimum Gasteiger partial charge on any atom is -0.322 e. The molecule has 0 spiro atoms. The van der Waals surface area contributed by atoms with E-state index in [4.69, 9.17) is 11.6 Å². The number of rotatable bonds is 4. The molecule has 0 radical (unpaired) electrons. The highest BCUT2D eigenvalue weighted by Crippen LogP contribution is 2.26. The van der Waals surface area contributed by atoms with E-state index in [1.54, 1.807) is 0 Å². The quantitative estimate of drug-likeness (QED) is 0.858. The molecule has 1 N–H and O–H groups in total. The van der Waals surface area contributed by atoms with Crippen LogP contribution in [0.2, 0.25) is 5.02 Å². The molecule has 0 fully saturated rings. The lowest BCUT2D eigenvalue weighted by Gasteiger charge is -2.13. The highest BCUT2D eigenvalue weighted by molar-refractivity contribution is 7.89. The van der Waals surface area contributed by atoms with Crippen LogP contribution in [-0.2, 0) is 14.8 Å². The molecule has 1 aromatic carbocycles. The van der Waals surface area contributed by atoms with Crippen LogP contribution in [0.3, 0.4) is 0 Å². The zero-order valence-corrected chi connectivity index (χ0v) is 11.5. The Balaban J connectivity index is 3.25. The largest absolute Gasteiger partial charge is 0.322 e. The van der Waals surface area contributed by atoms with E-state index < -0.39 is 15.9 Å². The number of carbonyl (C=O) groups is 1. The highest BCUT2D eigenvalue weighted by atomic mass is 35.5.